The third-order valence-corrected chi connectivity index (χ3v) is 3.93. The van der Waals surface area contributed by atoms with Gasteiger partial charge in [-0.1, -0.05) is 24.6 Å². The fraction of sp³-hybridized carbons (Fsp3) is 0.211. The van der Waals surface area contributed by atoms with Gasteiger partial charge in [0.25, 0.3) is 11.8 Å². The molecule has 2 rings (SSSR count). The van der Waals surface area contributed by atoms with Crippen LogP contribution in [0.5, 0.6) is 0 Å². The van der Waals surface area contributed by atoms with Gasteiger partial charge in [0, 0.05) is 37.3 Å². The molecule has 0 aliphatic rings. The third kappa shape index (κ3) is 4.83. The van der Waals surface area contributed by atoms with Gasteiger partial charge in [-0.05, 0) is 36.4 Å². The molecule has 0 saturated carbocycles. The summed E-state index contributed by atoms with van der Waals surface area (Å²) in [5, 5.41) is 5.73. The molecule has 0 bridgehead atoms. The molecular weight excluding hydrogens is 354 g/mol. The van der Waals surface area contributed by atoms with E-state index in [-0.39, 0.29) is 11.8 Å². The molecule has 2 aromatic carbocycles. The van der Waals surface area contributed by atoms with Gasteiger partial charge in [0.2, 0.25) is 5.91 Å². The van der Waals surface area contributed by atoms with Gasteiger partial charge in [-0.2, -0.15) is 0 Å². The van der Waals surface area contributed by atoms with Crippen molar-refractivity contribution in [3.8, 4) is 0 Å². The number of nitrogens with one attached hydrogen (secondary N) is 2. The zero-order chi connectivity index (χ0) is 19.3. The summed E-state index contributed by atoms with van der Waals surface area (Å²) < 4.78 is 0. The summed E-state index contributed by atoms with van der Waals surface area (Å²) in [6.45, 7) is 1.75. The molecule has 26 heavy (non-hydrogen) atoms. The Labute approximate surface area is 157 Å². The number of rotatable bonds is 5. The van der Waals surface area contributed by atoms with Gasteiger partial charge in [-0.25, -0.2) is 0 Å². The molecule has 3 amide bonds. The Morgan fingerprint density at radius 3 is 2.38 bits per heavy atom. The smallest absolute Gasteiger partial charge is 0.255 e. The molecule has 2 aromatic rings. The van der Waals surface area contributed by atoms with Crippen molar-refractivity contribution >= 4 is 40.7 Å². The van der Waals surface area contributed by atoms with Crippen molar-refractivity contribution in [1.82, 2.24) is 4.90 Å². The minimum absolute atomic E-state index is 0.138. The van der Waals surface area contributed by atoms with E-state index in [2.05, 4.69) is 10.6 Å². The highest BCUT2D eigenvalue weighted by Gasteiger charge is 2.14. The molecule has 0 heterocycles. The Balaban J connectivity index is 2.22. The second-order valence-corrected chi connectivity index (χ2v) is 6.24. The average Bonchev–Trinajstić information content (AvgIpc) is 2.62. The van der Waals surface area contributed by atoms with Crippen molar-refractivity contribution < 1.29 is 14.4 Å². The summed E-state index contributed by atoms with van der Waals surface area (Å²) in [6.07, 6.45) is 0.346. The van der Waals surface area contributed by atoms with Crippen LogP contribution < -0.4 is 10.6 Å². The molecule has 0 unspecified atom stereocenters. The van der Waals surface area contributed by atoms with Gasteiger partial charge in [-0.15, -0.1) is 0 Å². The first kappa shape index (κ1) is 19.5. The largest absolute Gasteiger partial charge is 0.345 e. The molecule has 0 aliphatic heterocycles. The monoisotopic (exact) mass is 373 g/mol. The molecule has 0 aromatic heterocycles. The summed E-state index contributed by atoms with van der Waals surface area (Å²) in [5.74, 6) is -0.726. The molecule has 7 heteroatoms. The molecule has 136 valence electrons. The Kier molecular flexibility index (Phi) is 6.36. The first-order valence-electron chi connectivity index (χ1n) is 8.04. The number of halogens is 1. The van der Waals surface area contributed by atoms with Gasteiger partial charge >= 0.3 is 0 Å². The number of hydrogen-bond donors (Lipinski definition) is 2. The summed E-state index contributed by atoms with van der Waals surface area (Å²) in [5.41, 5.74) is 1.65. The Morgan fingerprint density at radius 1 is 1.00 bits per heavy atom. The molecule has 2 N–H and O–H groups in total. The van der Waals surface area contributed by atoms with Crippen molar-refractivity contribution in [2.24, 2.45) is 0 Å². The number of amides is 3. The lowest BCUT2D eigenvalue weighted by molar-refractivity contribution is -0.115. The summed E-state index contributed by atoms with van der Waals surface area (Å²) >= 11 is 6.13. The third-order valence-electron chi connectivity index (χ3n) is 3.60. The summed E-state index contributed by atoms with van der Waals surface area (Å²) in [4.78, 5) is 37.5. The molecule has 0 atom stereocenters. The standard InChI is InChI=1S/C19H20ClN3O3/c1-4-17(24)21-14-7-5-6-12(10-14)18(25)22-16-11-13(8-9-15(16)20)19(26)23(2)3/h5-11H,4H2,1-3H3,(H,21,24)(H,22,25). The van der Waals surface area contributed by atoms with Gasteiger partial charge in [0.1, 0.15) is 0 Å². The summed E-state index contributed by atoms with van der Waals surface area (Å²) in [7, 11) is 3.29. The first-order chi connectivity index (χ1) is 12.3. The maximum Gasteiger partial charge on any atom is 0.255 e. The SMILES string of the molecule is CCC(=O)Nc1cccc(C(=O)Nc2cc(C(=O)N(C)C)ccc2Cl)c1. The van der Waals surface area contributed by atoms with Gasteiger partial charge in [0.05, 0.1) is 10.7 Å². The lowest BCUT2D eigenvalue weighted by Crippen LogP contribution is -2.22. The predicted octanol–water partition coefficient (Wildman–Crippen LogP) is 3.64. The predicted molar refractivity (Wildman–Crippen MR) is 103 cm³/mol. The van der Waals surface area contributed by atoms with E-state index in [0.29, 0.717) is 33.9 Å². The number of nitrogens with zero attached hydrogens (tertiary/aromatic N) is 1. The molecule has 0 aliphatic carbocycles. The highest BCUT2D eigenvalue weighted by molar-refractivity contribution is 6.34. The second-order valence-electron chi connectivity index (χ2n) is 5.83. The first-order valence-corrected chi connectivity index (χ1v) is 8.42. The Hall–Kier alpha value is -2.86. The van der Waals surface area contributed by atoms with Crippen LogP contribution in [0.1, 0.15) is 34.1 Å². The van der Waals surface area contributed by atoms with Crippen LogP contribution in [0.2, 0.25) is 5.02 Å². The molecule has 0 radical (unpaired) electrons. The van der Waals surface area contributed by atoms with Crippen LogP contribution in [-0.4, -0.2) is 36.7 Å². The van der Waals surface area contributed by atoms with Crippen molar-refractivity contribution in [3.63, 3.8) is 0 Å². The fourth-order valence-corrected chi connectivity index (χ4v) is 2.36. The summed E-state index contributed by atoms with van der Waals surface area (Å²) in [6, 6.07) is 11.3. The van der Waals surface area contributed by atoms with Crippen molar-refractivity contribution in [2.45, 2.75) is 13.3 Å². The number of hydrogen-bond acceptors (Lipinski definition) is 3. The van der Waals surface area contributed by atoms with E-state index >= 15 is 0 Å². The highest BCUT2D eigenvalue weighted by Crippen LogP contribution is 2.24. The molecule has 6 nitrogen and oxygen atoms in total. The number of carbonyl (C=O) groups is 3. The maximum atomic E-state index is 12.5. The normalized spacial score (nSPS) is 10.2. The number of anilines is 2. The van der Waals surface area contributed by atoms with E-state index < -0.39 is 5.91 Å². The van der Waals surface area contributed by atoms with Crippen LogP contribution >= 0.6 is 11.6 Å². The van der Waals surface area contributed by atoms with E-state index in [1.165, 1.54) is 11.0 Å². The molecule has 0 spiro atoms. The van der Waals surface area contributed by atoms with Crippen LogP contribution in [0.25, 0.3) is 0 Å². The average molecular weight is 374 g/mol. The van der Waals surface area contributed by atoms with E-state index in [4.69, 9.17) is 11.6 Å². The Bertz CT molecular complexity index is 850. The lowest BCUT2D eigenvalue weighted by atomic mass is 10.1. The van der Waals surface area contributed by atoms with E-state index in [1.54, 1.807) is 57.4 Å². The van der Waals surface area contributed by atoms with Gasteiger partial charge in [-0.3, -0.25) is 14.4 Å². The minimum atomic E-state index is -0.394. The fourth-order valence-electron chi connectivity index (χ4n) is 2.19. The van der Waals surface area contributed by atoms with Crippen LogP contribution in [-0.2, 0) is 4.79 Å². The van der Waals surface area contributed by atoms with Crippen molar-refractivity contribution in [3.05, 3.63) is 58.6 Å². The van der Waals surface area contributed by atoms with Gasteiger partial charge in [0.15, 0.2) is 0 Å². The number of carbonyl (C=O) groups excluding carboxylic acids is 3. The van der Waals surface area contributed by atoms with Crippen LogP contribution in [0.15, 0.2) is 42.5 Å². The lowest BCUT2D eigenvalue weighted by Gasteiger charge is -2.13. The van der Waals surface area contributed by atoms with E-state index in [1.807, 2.05) is 0 Å². The van der Waals surface area contributed by atoms with E-state index in [0.717, 1.165) is 0 Å². The van der Waals surface area contributed by atoms with Crippen LogP contribution in [0.3, 0.4) is 0 Å². The minimum Gasteiger partial charge on any atom is -0.345 e. The van der Waals surface area contributed by atoms with Crippen molar-refractivity contribution in [1.29, 1.82) is 0 Å². The van der Waals surface area contributed by atoms with Gasteiger partial charge < -0.3 is 15.5 Å². The van der Waals surface area contributed by atoms with Crippen LogP contribution in [0.4, 0.5) is 11.4 Å². The molecule has 0 fully saturated rings. The zero-order valence-corrected chi connectivity index (χ0v) is 15.6. The maximum absolute atomic E-state index is 12.5. The molecular formula is C19H20ClN3O3. The zero-order valence-electron chi connectivity index (χ0n) is 14.8. The Morgan fingerprint density at radius 2 is 1.73 bits per heavy atom. The van der Waals surface area contributed by atoms with Crippen LogP contribution in [0, 0.1) is 0 Å². The van der Waals surface area contributed by atoms with E-state index in [9.17, 15) is 14.4 Å². The number of benzene rings is 2. The quantitative estimate of drug-likeness (QED) is 0.839. The second kappa shape index (κ2) is 8.49. The highest BCUT2D eigenvalue weighted by atomic mass is 35.5. The van der Waals surface area contributed by atoms with Crippen molar-refractivity contribution in [2.75, 3.05) is 24.7 Å². The molecule has 0 saturated heterocycles. The topological polar surface area (TPSA) is 78.5 Å².